The van der Waals surface area contributed by atoms with Crippen molar-refractivity contribution in [2.75, 3.05) is 18.0 Å². The second-order valence-electron chi connectivity index (χ2n) is 12.5. The first-order valence-corrected chi connectivity index (χ1v) is 17.9. The van der Waals surface area contributed by atoms with Crippen molar-refractivity contribution >= 4 is 45.2 Å². The first-order chi connectivity index (χ1) is 23.2. The van der Waals surface area contributed by atoms with Crippen LogP contribution in [0.25, 0.3) is 0 Å². The molecular weight excluding hydrogens is 675 g/mol. The molecule has 0 saturated heterocycles. The number of anilines is 1. The Morgan fingerprint density at radius 3 is 2.37 bits per heavy atom. The fourth-order valence-corrected chi connectivity index (χ4v) is 7.76. The Morgan fingerprint density at radius 1 is 1.02 bits per heavy atom. The molecule has 0 fully saturated rings. The van der Waals surface area contributed by atoms with Gasteiger partial charge in [-0.3, -0.25) is 4.55 Å². The lowest BCUT2D eigenvalue weighted by atomic mass is 9.77. The highest BCUT2D eigenvalue weighted by Crippen LogP contribution is 2.51. The Kier molecular flexibility index (Phi) is 10.3. The largest absolute Gasteiger partial charge is 0.492 e. The van der Waals surface area contributed by atoms with Crippen LogP contribution in [0.3, 0.4) is 0 Å². The summed E-state index contributed by atoms with van der Waals surface area (Å²) in [5.74, 6) is -1.52. The van der Waals surface area contributed by atoms with Crippen LogP contribution in [-0.2, 0) is 35.1 Å². The minimum Gasteiger partial charge on any atom is -0.492 e. The van der Waals surface area contributed by atoms with Crippen LogP contribution >= 0.6 is 12.0 Å². The molecule has 262 valence electrons. The van der Waals surface area contributed by atoms with Crippen molar-refractivity contribution < 1.29 is 52.0 Å². The smallest absolute Gasteiger partial charge is 0.333 e. The van der Waals surface area contributed by atoms with Crippen molar-refractivity contribution in [2.24, 2.45) is 0 Å². The topological polar surface area (TPSA) is 171 Å². The number of nitrogens with zero attached hydrogens (tertiary/aromatic N) is 3. The van der Waals surface area contributed by atoms with E-state index in [0.29, 0.717) is 36.2 Å². The molecule has 1 aromatic heterocycles. The summed E-state index contributed by atoms with van der Waals surface area (Å²) in [7, 11) is -4.49. The van der Waals surface area contributed by atoms with Gasteiger partial charge < -0.3 is 20.0 Å². The fraction of sp³-hybridized carbons (Fsp3) is 0.353. The third-order valence-corrected chi connectivity index (χ3v) is 10.6. The average Bonchev–Trinajstić information content (AvgIpc) is 3.58. The van der Waals surface area contributed by atoms with Gasteiger partial charge in [0.25, 0.3) is 10.1 Å². The van der Waals surface area contributed by atoms with E-state index in [1.807, 2.05) is 44.2 Å². The highest BCUT2D eigenvalue weighted by atomic mass is 32.2. The van der Waals surface area contributed by atoms with E-state index in [-0.39, 0.29) is 11.3 Å². The number of carbonyl (C=O) groups is 1. The zero-order valence-electron chi connectivity index (χ0n) is 27.8. The van der Waals surface area contributed by atoms with Crippen molar-refractivity contribution in [3.8, 4) is 11.8 Å². The van der Waals surface area contributed by atoms with Crippen LogP contribution in [0.4, 0.5) is 11.4 Å². The van der Waals surface area contributed by atoms with Gasteiger partial charge in [0.1, 0.15) is 6.54 Å². The molecule has 3 aromatic rings. The van der Waals surface area contributed by atoms with Crippen LogP contribution in [0.1, 0.15) is 65.0 Å². The van der Waals surface area contributed by atoms with Crippen LogP contribution in [0.2, 0.25) is 0 Å². The first-order valence-electron chi connectivity index (χ1n) is 15.7. The first kappa shape index (κ1) is 36.2. The second-order valence-corrected chi connectivity index (χ2v) is 14.7. The van der Waals surface area contributed by atoms with Gasteiger partial charge in [-0.05, 0) is 89.4 Å². The maximum atomic E-state index is 12.7. The summed E-state index contributed by atoms with van der Waals surface area (Å²) in [6.45, 7) is 11.6. The summed E-state index contributed by atoms with van der Waals surface area (Å²) in [5.41, 5.74) is 4.36. The maximum Gasteiger partial charge on any atom is 0.333 e. The molecule has 0 spiro atoms. The second kappa shape index (κ2) is 14.0. The van der Waals surface area contributed by atoms with E-state index in [1.54, 1.807) is 6.07 Å². The van der Waals surface area contributed by atoms with E-state index >= 15 is 0 Å². The molecule has 0 amide bonds. The van der Waals surface area contributed by atoms with Crippen molar-refractivity contribution in [1.29, 1.82) is 0 Å². The van der Waals surface area contributed by atoms with E-state index in [4.69, 9.17) is 10.1 Å². The molecule has 15 heteroatoms. The molecule has 1 atom stereocenters. The number of hydrogen-bond donors (Lipinski definition) is 4. The number of likely N-dealkylation sites (N-methyl/N-ethyl adjacent to an activating group) is 1. The predicted octanol–water partition coefficient (Wildman–Crippen LogP) is 6.03. The fourth-order valence-electron chi connectivity index (χ4n) is 6.86. The third-order valence-electron chi connectivity index (χ3n) is 9.22. The zero-order chi connectivity index (χ0) is 35.7. The minimum atomic E-state index is -4.49. The van der Waals surface area contributed by atoms with Gasteiger partial charge in [0.2, 0.25) is 17.4 Å². The SMILES string of the molecule is CCN1C(=CC=CC2=[N+](CC)c3ccc(SOOO)cc3C2(C)C)C(C)(CCCC(=O)On2c(O)ccc2O)c2cc(S(=O)(=O)O)ccc21. The van der Waals surface area contributed by atoms with E-state index in [2.05, 4.69) is 45.7 Å². The number of hydrogen-bond acceptors (Lipinski definition) is 11. The van der Waals surface area contributed by atoms with Crippen LogP contribution in [0.5, 0.6) is 11.8 Å². The molecule has 1 unspecified atom stereocenters. The normalized spacial score (nSPS) is 19.2. The van der Waals surface area contributed by atoms with E-state index in [9.17, 15) is 28.0 Å². The Morgan fingerprint density at radius 2 is 1.73 bits per heavy atom. The van der Waals surface area contributed by atoms with Gasteiger partial charge in [0.15, 0.2) is 5.71 Å². The molecule has 0 saturated carbocycles. The monoisotopic (exact) mass is 714 g/mol. The lowest BCUT2D eigenvalue weighted by Gasteiger charge is -2.30. The molecule has 0 radical (unpaired) electrons. The van der Waals surface area contributed by atoms with Crippen LogP contribution < -0.4 is 9.74 Å². The van der Waals surface area contributed by atoms with Crippen molar-refractivity contribution in [3.63, 3.8) is 0 Å². The molecule has 2 aliphatic heterocycles. The van der Waals surface area contributed by atoms with E-state index in [1.165, 1.54) is 24.3 Å². The van der Waals surface area contributed by atoms with Gasteiger partial charge in [-0.2, -0.15) is 13.0 Å². The number of benzene rings is 2. The number of aromatic hydroxyl groups is 2. The molecule has 0 bridgehead atoms. The van der Waals surface area contributed by atoms with Crippen LogP contribution in [-0.4, -0.2) is 62.5 Å². The Bertz CT molecular complexity index is 1950. The Hall–Kier alpha value is -4.12. The van der Waals surface area contributed by atoms with Gasteiger partial charge in [-0.15, -0.1) is 9.06 Å². The number of fused-ring (bicyclic) bond motifs is 2. The molecule has 3 heterocycles. The zero-order valence-corrected chi connectivity index (χ0v) is 29.4. The van der Waals surface area contributed by atoms with E-state index < -0.39 is 38.7 Å². The average molecular weight is 715 g/mol. The van der Waals surface area contributed by atoms with Crippen molar-refractivity contribution in [3.05, 3.63) is 83.6 Å². The molecule has 2 aliphatic rings. The summed E-state index contributed by atoms with van der Waals surface area (Å²) in [5, 5.41) is 32.1. The van der Waals surface area contributed by atoms with Gasteiger partial charge >= 0.3 is 5.97 Å². The van der Waals surface area contributed by atoms with E-state index in [0.717, 1.165) is 45.3 Å². The molecule has 5 rings (SSSR count). The van der Waals surface area contributed by atoms with Crippen LogP contribution in [0, 0.1) is 0 Å². The number of carbonyl (C=O) groups excluding carboxylic acids is 1. The lowest BCUT2D eigenvalue weighted by molar-refractivity contribution is -0.433. The Labute approximate surface area is 289 Å². The standard InChI is InChI=1S/C34H39N3O10S2/c1-6-35-26-15-13-22(48-47-46-41)20-24(26)33(3,4)28(35)10-8-11-29-34(5,19-9-12-32(40)45-37-30(38)17-18-31(37)39)25-21-23(49(42,43)44)14-16-27(25)36(29)7-2/h8,10-11,13-18,20-21H,6-7,9,12,19H2,1-5H3,(H3-,38,39,41,42,43,44)/p+1. The van der Waals surface area contributed by atoms with Gasteiger partial charge in [0, 0.05) is 64.5 Å². The minimum absolute atomic E-state index is 0.0548. The van der Waals surface area contributed by atoms with Gasteiger partial charge in [0.05, 0.1) is 22.4 Å². The summed E-state index contributed by atoms with van der Waals surface area (Å²) in [6, 6.07) is 12.8. The van der Waals surface area contributed by atoms with Crippen molar-refractivity contribution in [2.45, 2.75) is 74.5 Å². The Balaban J connectivity index is 1.49. The molecule has 49 heavy (non-hydrogen) atoms. The number of rotatable bonds is 13. The third kappa shape index (κ3) is 6.87. The van der Waals surface area contributed by atoms with Gasteiger partial charge in [-0.25, -0.2) is 10.1 Å². The molecule has 0 aliphatic carbocycles. The highest BCUT2D eigenvalue weighted by molar-refractivity contribution is 7.94. The number of aromatic nitrogens is 1. The maximum absolute atomic E-state index is 12.7. The van der Waals surface area contributed by atoms with Crippen LogP contribution in [0.15, 0.2) is 82.2 Å². The molecular formula is C34H40N3O10S2+. The molecule has 2 aromatic carbocycles. The summed E-state index contributed by atoms with van der Waals surface area (Å²) in [6.07, 6.45) is 6.70. The van der Waals surface area contributed by atoms with Crippen molar-refractivity contribution in [1.82, 2.24) is 4.73 Å². The molecule has 4 N–H and O–H groups in total. The quantitative estimate of drug-likeness (QED) is 0.0533. The predicted molar refractivity (Wildman–Crippen MR) is 183 cm³/mol. The highest BCUT2D eigenvalue weighted by Gasteiger charge is 2.45. The van der Waals surface area contributed by atoms with Gasteiger partial charge in [-0.1, -0.05) is 11.1 Å². The lowest BCUT2D eigenvalue weighted by Crippen LogP contribution is -2.29. The summed E-state index contributed by atoms with van der Waals surface area (Å²) < 4.78 is 41.7. The summed E-state index contributed by atoms with van der Waals surface area (Å²) in [4.78, 5) is 20.4. The molecule has 13 nitrogen and oxygen atoms in total. The number of allylic oxidation sites excluding steroid dienone is 4. The summed E-state index contributed by atoms with van der Waals surface area (Å²) >= 11 is 0.902.